The molecule has 0 amide bonds. The van der Waals surface area contributed by atoms with Gasteiger partial charge in [-0.3, -0.25) is 10.1 Å². The number of nitrogens with zero attached hydrogens (tertiary/aromatic N) is 1. The van der Waals surface area contributed by atoms with Crippen molar-refractivity contribution in [2.75, 3.05) is 25.6 Å². The number of rotatable bonds is 6. The zero-order valence-electron chi connectivity index (χ0n) is 11.3. The van der Waals surface area contributed by atoms with E-state index in [-0.39, 0.29) is 10.6 Å². The summed E-state index contributed by atoms with van der Waals surface area (Å²) in [6.07, 6.45) is 0. The molecule has 0 aliphatic carbocycles. The molecule has 0 aliphatic rings. The minimum atomic E-state index is -0.351. The van der Waals surface area contributed by atoms with Crippen LogP contribution in [0.5, 0.6) is 0 Å². The summed E-state index contributed by atoms with van der Waals surface area (Å²) < 4.78 is 5.04. The molecular weight excluding hydrogens is 232 g/mol. The first-order chi connectivity index (χ1) is 8.45. The molecule has 0 fully saturated rings. The van der Waals surface area contributed by atoms with E-state index < -0.39 is 0 Å². The van der Waals surface area contributed by atoms with Crippen molar-refractivity contribution >= 4 is 11.4 Å². The van der Waals surface area contributed by atoms with E-state index in [4.69, 9.17) is 4.74 Å². The third kappa shape index (κ3) is 3.70. The fraction of sp³-hybridized carbons (Fsp3) is 0.538. The topological polar surface area (TPSA) is 64.4 Å². The van der Waals surface area contributed by atoms with E-state index in [1.807, 2.05) is 26.8 Å². The molecule has 0 aliphatic heterocycles. The van der Waals surface area contributed by atoms with Crippen LogP contribution >= 0.6 is 0 Å². The molecule has 5 heteroatoms. The summed E-state index contributed by atoms with van der Waals surface area (Å²) in [5.74, 6) is 0.302. The van der Waals surface area contributed by atoms with Gasteiger partial charge in [-0.05, 0) is 37.0 Å². The lowest BCUT2D eigenvalue weighted by atomic mass is 10.1. The minimum Gasteiger partial charge on any atom is -0.384 e. The zero-order valence-corrected chi connectivity index (χ0v) is 11.3. The maximum absolute atomic E-state index is 11.0. The summed E-state index contributed by atoms with van der Waals surface area (Å²) in [7, 11) is 1.65. The van der Waals surface area contributed by atoms with Gasteiger partial charge < -0.3 is 10.1 Å². The second kappa shape index (κ2) is 6.35. The Labute approximate surface area is 107 Å². The van der Waals surface area contributed by atoms with Crippen LogP contribution in [0.3, 0.4) is 0 Å². The summed E-state index contributed by atoms with van der Waals surface area (Å²) in [5.41, 5.74) is 2.67. The average Bonchev–Trinajstić information content (AvgIpc) is 2.30. The highest BCUT2D eigenvalue weighted by Gasteiger charge is 2.15. The molecule has 1 aromatic carbocycles. The Kier molecular flexibility index (Phi) is 5.09. The van der Waals surface area contributed by atoms with Crippen LogP contribution in [0.4, 0.5) is 11.4 Å². The van der Waals surface area contributed by atoms with E-state index in [1.54, 1.807) is 13.2 Å². The van der Waals surface area contributed by atoms with Gasteiger partial charge >= 0.3 is 0 Å². The van der Waals surface area contributed by atoms with Gasteiger partial charge in [0, 0.05) is 19.7 Å². The average molecular weight is 252 g/mol. The number of methoxy groups -OCH3 is 1. The largest absolute Gasteiger partial charge is 0.384 e. The first kappa shape index (κ1) is 14.4. The third-order valence-corrected chi connectivity index (χ3v) is 2.90. The Morgan fingerprint density at radius 1 is 1.39 bits per heavy atom. The first-order valence-electron chi connectivity index (χ1n) is 5.94. The molecule has 0 spiro atoms. The highest BCUT2D eigenvalue weighted by Crippen LogP contribution is 2.28. The summed E-state index contributed by atoms with van der Waals surface area (Å²) in [6.45, 7) is 7.13. The molecule has 1 atom stereocenters. The molecule has 0 saturated carbocycles. The molecule has 5 nitrogen and oxygen atoms in total. The van der Waals surface area contributed by atoms with Crippen LogP contribution in [-0.2, 0) is 4.74 Å². The van der Waals surface area contributed by atoms with Gasteiger partial charge in [0.15, 0.2) is 0 Å². The highest BCUT2D eigenvalue weighted by molar-refractivity contribution is 5.64. The number of anilines is 1. The third-order valence-electron chi connectivity index (χ3n) is 2.90. The predicted molar refractivity (Wildman–Crippen MR) is 72.1 cm³/mol. The summed E-state index contributed by atoms with van der Waals surface area (Å²) in [4.78, 5) is 10.6. The molecule has 100 valence electrons. The minimum absolute atomic E-state index is 0.128. The van der Waals surface area contributed by atoms with Crippen molar-refractivity contribution in [3.63, 3.8) is 0 Å². The molecule has 0 bridgehead atoms. The van der Waals surface area contributed by atoms with Gasteiger partial charge in [-0.1, -0.05) is 6.92 Å². The monoisotopic (exact) mass is 252 g/mol. The van der Waals surface area contributed by atoms with E-state index in [0.717, 1.165) is 11.1 Å². The molecule has 0 heterocycles. The number of nitrogens with one attached hydrogen (secondary N) is 1. The normalized spacial score (nSPS) is 12.2. The van der Waals surface area contributed by atoms with Gasteiger partial charge in [0.1, 0.15) is 5.69 Å². The van der Waals surface area contributed by atoms with Crippen LogP contribution in [0.2, 0.25) is 0 Å². The Morgan fingerprint density at radius 2 is 2.00 bits per heavy atom. The highest BCUT2D eigenvalue weighted by atomic mass is 16.6. The maximum atomic E-state index is 11.0. The number of hydrogen-bond donors (Lipinski definition) is 1. The standard InChI is InChI=1S/C13H20N2O3/c1-9(8-18-4)7-14-12-5-10(2)11(3)6-13(12)15(16)17/h5-6,9,14H,7-8H2,1-4H3. The van der Waals surface area contributed by atoms with Gasteiger partial charge in [0.05, 0.1) is 11.5 Å². The smallest absolute Gasteiger partial charge is 0.292 e. The number of aryl methyl sites for hydroxylation is 2. The van der Waals surface area contributed by atoms with Crippen molar-refractivity contribution in [2.24, 2.45) is 5.92 Å². The number of ether oxygens (including phenoxy) is 1. The first-order valence-corrected chi connectivity index (χ1v) is 5.94. The van der Waals surface area contributed by atoms with E-state index in [2.05, 4.69) is 5.32 Å². The van der Waals surface area contributed by atoms with Crippen LogP contribution in [0.15, 0.2) is 12.1 Å². The quantitative estimate of drug-likeness (QED) is 0.624. The molecule has 1 rings (SSSR count). The van der Waals surface area contributed by atoms with Crippen LogP contribution in [-0.4, -0.2) is 25.2 Å². The summed E-state index contributed by atoms with van der Waals surface area (Å²) in [6, 6.07) is 3.44. The lowest BCUT2D eigenvalue weighted by molar-refractivity contribution is -0.384. The Hall–Kier alpha value is -1.62. The van der Waals surface area contributed by atoms with Gasteiger partial charge in [-0.25, -0.2) is 0 Å². The zero-order chi connectivity index (χ0) is 13.7. The number of hydrogen-bond acceptors (Lipinski definition) is 4. The second-order valence-electron chi connectivity index (χ2n) is 4.65. The molecule has 0 saturated heterocycles. The lowest BCUT2D eigenvalue weighted by Crippen LogP contribution is -2.16. The second-order valence-corrected chi connectivity index (χ2v) is 4.65. The van der Waals surface area contributed by atoms with E-state index >= 15 is 0 Å². The van der Waals surface area contributed by atoms with Crippen molar-refractivity contribution in [2.45, 2.75) is 20.8 Å². The van der Waals surface area contributed by atoms with Crippen LogP contribution in [0.25, 0.3) is 0 Å². The Morgan fingerprint density at radius 3 is 2.56 bits per heavy atom. The molecular formula is C13H20N2O3. The van der Waals surface area contributed by atoms with Crippen molar-refractivity contribution in [3.8, 4) is 0 Å². The molecule has 1 aromatic rings. The summed E-state index contributed by atoms with van der Waals surface area (Å²) >= 11 is 0. The molecule has 1 N–H and O–H groups in total. The Bertz CT molecular complexity index is 432. The maximum Gasteiger partial charge on any atom is 0.292 e. The molecule has 18 heavy (non-hydrogen) atoms. The molecule has 1 unspecified atom stereocenters. The number of nitro groups is 1. The van der Waals surface area contributed by atoms with Crippen molar-refractivity contribution in [1.29, 1.82) is 0 Å². The van der Waals surface area contributed by atoms with Crippen molar-refractivity contribution in [3.05, 3.63) is 33.4 Å². The van der Waals surface area contributed by atoms with Crippen LogP contribution < -0.4 is 5.32 Å². The van der Waals surface area contributed by atoms with Gasteiger partial charge in [-0.2, -0.15) is 0 Å². The van der Waals surface area contributed by atoms with Gasteiger partial charge in [-0.15, -0.1) is 0 Å². The fourth-order valence-electron chi connectivity index (χ4n) is 1.72. The van der Waals surface area contributed by atoms with Crippen LogP contribution in [0.1, 0.15) is 18.1 Å². The fourth-order valence-corrected chi connectivity index (χ4v) is 1.72. The van der Waals surface area contributed by atoms with Crippen LogP contribution in [0, 0.1) is 29.9 Å². The van der Waals surface area contributed by atoms with E-state index in [1.165, 1.54) is 0 Å². The SMILES string of the molecule is COCC(C)CNc1cc(C)c(C)cc1[N+](=O)[O-]. The van der Waals surface area contributed by atoms with Gasteiger partial charge in [0.25, 0.3) is 5.69 Å². The Balaban J connectivity index is 2.86. The van der Waals surface area contributed by atoms with E-state index in [9.17, 15) is 10.1 Å². The van der Waals surface area contributed by atoms with Gasteiger partial charge in [0.2, 0.25) is 0 Å². The molecule has 0 radical (unpaired) electrons. The number of benzene rings is 1. The van der Waals surface area contributed by atoms with E-state index in [0.29, 0.717) is 24.8 Å². The lowest BCUT2D eigenvalue weighted by Gasteiger charge is -2.13. The summed E-state index contributed by atoms with van der Waals surface area (Å²) in [5, 5.41) is 14.1. The van der Waals surface area contributed by atoms with Crippen molar-refractivity contribution < 1.29 is 9.66 Å². The predicted octanol–water partition coefficient (Wildman–Crippen LogP) is 2.91. The number of nitro benzene ring substituents is 1. The molecule has 0 aromatic heterocycles. The van der Waals surface area contributed by atoms with Crippen molar-refractivity contribution in [1.82, 2.24) is 0 Å².